The zero-order valence-electron chi connectivity index (χ0n) is 15.3. The maximum atomic E-state index is 12.3. The van der Waals surface area contributed by atoms with Gasteiger partial charge in [0.05, 0.1) is 0 Å². The molecule has 7 heteroatoms. The molecule has 0 radical (unpaired) electrons. The summed E-state index contributed by atoms with van der Waals surface area (Å²) in [4.78, 5) is 24.1. The smallest absolute Gasteiger partial charge is 0.251 e. The number of amides is 1. The molecule has 7 nitrogen and oxygen atoms in total. The average Bonchev–Trinajstić information content (AvgIpc) is 2.62. The first-order valence-electron chi connectivity index (χ1n) is 8.33. The first-order valence-corrected chi connectivity index (χ1v) is 8.33. The SMILES string of the molecule is CC(C)(N)[C@H](NC(=O)c1ccc(C#CC#CC(O)CCO)cc1)C(=O)CO. The van der Waals surface area contributed by atoms with Gasteiger partial charge in [-0.3, -0.25) is 9.59 Å². The number of aliphatic hydroxyl groups excluding tert-OH is 3. The third kappa shape index (κ3) is 7.61. The van der Waals surface area contributed by atoms with Gasteiger partial charge in [-0.25, -0.2) is 0 Å². The summed E-state index contributed by atoms with van der Waals surface area (Å²) in [6.45, 7) is 2.30. The lowest BCUT2D eigenvalue weighted by Crippen LogP contribution is -2.59. The van der Waals surface area contributed by atoms with E-state index in [1.165, 1.54) is 12.1 Å². The van der Waals surface area contributed by atoms with Gasteiger partial charge in [0.15, 0.2) is 5.78 Å². The number of hydrogen-bond donors (Lipinski definition) is 5. The fourth-order valence-electron chi connectivity index (χ4n) is 2.11. The zero-order valence-corrected chi connectivity index (χ0v) is 15.3. The third-order valence-corrected chi connectivity index (χ3v) is 3.56. The highest BCUT2D eigenvalue weighted by Crippen LogP contribution is 2.09. The highest BCUT2D eigenvalue weighted by Gasteiger charge is 2.32. The first-order chi connectivity index (χ1) is 12.7. The molecule has 0 saturated heterocycles. The Kier molecular flexibility index (Phi) is 8.67. The van der Waals surface area contributed by atoms with Crippen molar-refractivity contribution in [3.05, 3.63) is 35.4 Å². The summed E-state index contributed by atoms with van der Waals surface area (Å²) in [6, 6.07) is 5.29. The predicted octanol–water partition coefficient (Wildman–Crippen LogP) is -0.818. The van der Waals surface area contributed by atoms with Crippen LogP contribution >= 0.6 is 0 Å². The van der Waals surface area contributed by atoms with E-state index in [-0.39, 0.29) is 13.0 Å². The van der Waals surface area contributed by atoms with Crippen molar-refractivity contribution in [2.75, 3.05) is 13.2 Å². The van der Waals surface area contributed by atoms with E-state index >= 15 is 0 Å². The summed E-state index contributed by atoms with van der Waals surface area (Å²) in [7, 11) is 0. The molecule has 1 unspecified atom stereocenters. The molecule has 0 aliphatic carbocycles. The van der Waals surface area contributed by atoms with Gasteiger partial charge in [-0.05, 0) is 50.0 Å². The summed E-state index contributed by atoms with van der Waals surface area (Å²) in [6.07, 6.45) is -0.755. The van der Waals surface area contributed by atoms with Crippen molar-refractivity contribution in [1.82, 2.24) is 5.32 Å². The first kappa shape index (κ1) is 22.4. The quantitative estimate of drug-likeness (QED) is 0.397. The molecule has 1 rings (SSSR count). The van der Waals surface area contributed by atoms with Gasteiger partial charge in [-0.2, -0.15) is 0 Å². The number of nitrogens with two attached hydrogens (primary N) is 1. The molecule has 0 fully saturated rings. The van der Waals surface area contributed by atoms with Crippen molar-refractivity contribution in [2.45, 2.75) is 38.0 Å². The highest BCUT2D eigenvalue weighted by molar-refractivity contribution is 5.98. The molecule has 0 bridgehead atoms. The van der Waals surface area contributed by atoms with E-state index in [2.05, 4.69) is 29.0 Å². The number of ketones is 1. The van der Waals surface area contributed by atoms with Crippen molar-refractivity contribution in [2.24, 2.45) is 5.73 Å². The van der Waals surface area contributed by atoms with Crippen LogP contribution in [0.4, 0.5) is 0 Å². The van der Waals surface area contributed by atoms with Crippen LogP contribution in [0.1, 0.15) is 36.2 Å². The van der Waals surface area contributed by atoms with E-state index in [0.29, 0.717) is 11.1 Å². The summed E-state index contributed by atoms with van der Waals surface area (Å²) in [5.74, 6) is 9.24. The van der Waals surface area contributed by atoms with Crippen LogP contribution in [0.25, 0.3) is 0 Å². The molecule has 1 amide bonds. The van der Waals surface area contributed by atoms with Gasteiger partial charge >= 0.3 is 0 Å². The normalized spacial score (nSPS) is 12.7. The number of hydrogen-bond acceptors (Lipinski definition) is 6. The van der Waals surface area contributed by atoms with Crippen LogP contribution in [-0.2, 0) is 4.79 Å². The van der Waals surface area contributed by atoms with Gasteiger partial charge in [-0.15, -0.1) is 0 Å². The number of Topliss-reactive ketones (excluding diaryl/α,β-unsaturated/α-hetero) is 1. The molecule has 2 atom stereocenters. The standard InChI is InChI=1S/C20H24N2O5/c1-20(2,21)18(17(26)13-24)22-19(27)15-9-7-14(8-10-15)5-3-4-6-16(25)11-12-23/h7-10,16,18,23-25H,11-13,21H2,1-2H3,(H,22,27)/t16?,18-/m1/s1. The van der Waals surface area contributed by atoms with Crippen LogP contribution in [0.2, 0.25) is 0 Å². The zero-order chi connectivity index (χ0) is 20.4. The lowest BCUT2D eigenvalue weighted by molar-refractivity contribution is -0.124. The molecular weight excluding hydrogens is 348 g/mol. The summed E-state index contributed by atoms with van der Waals surface area (Å²) >= 11 is 0. The number of aliphatic hydroxyl groups is 3. The fourth-order valence-corrected chi connectivity index (χ4v) is 2.11. The Morgan fingerprint density at radius 3 is 2.33 bits per heavy atom. The second-order valence-electron chi connectivity index (χ2n) is 6.48. The molecule has 27 heavy (non-hydrogen) atoms. The second-order valence-corrected chi connectivity index (χ2v) is 6.48. The van der Waals surface area contributed by atoms with Crippen LogP contribution in [0.15, 0.2) is 24.3 Å². The Morgan fingerprint density at radius 2 is 1.81 bits per heavy atom. The maximum Gasteiger partial charge on any atom is 0.251 e. The van der Waals surface area contributed by atoms with Crippen molar-refractivity contribution in [1.29, 1.82) is 0 Å². The molecule has 0 aliphatic heterocycles. The highest BCUT2D eigenvalue weighted by atomic mass is 16.3. The van der Waals surface area contributed by atoms with E-state index in [1.807, 2.05) is 0 Å². The Morgan fingerprint density at radius 1 is 1.19 bits per heavy atom. The van der Waals surface area contributed by atoms with Crippen LogP contribution < -0.4 is 11.1 Å². The Hall–Kier alpha value is -2.68. The molecule has 0 spiro atoms. The molecule has 0 aliphatic rings. The molecular formula is C20H24N2O5. The Bertz CT molecular complexity index is 773. The minimum atomic E-state index is -1.03. The molecule has 6 N–H and O–H groups in total. The Labute approximate surface area is 158 Å². The predicted molar refractivity (Wildman–Crippen MR) is 100 cm³/mol. The molecule has 0 saturated carbocycles. The van der Waals surface area contributed by atoms with Gasteiger partial charge in [0.1, 0.15) is 18.8 Å². The molecule has 0 heterocycles. The topological polar surface area (TPSA) is 133 Å². The van der Waals surface area contributed by atoms with Crippen LogP contribution in [0, 0.1) is 23.7 Å². The minimum Gasteiger partial charge on any atom is -0.396 e. The van der Waals surface area contributed by atoms with E-state index < -0.39 is 36.0 Å². The van der Waals surface area contributed by atoms with Crippen LogP contribution in [0.3, 0.4) is 0 Å². The fraction of sp³-hybridized carbons (Fsp3) is 0.400. The summed E-state index contributed by atoms with van der Waals surface area (Å²) < 4.78 is 0. The van der Waals surface area contributed by atoms with Gasteiger partial charge in [0, 0.05) is 29.7 Å². The van der Waals surface area contributed by atoms with E-state index in [0.717, 1.165) is 0 Å². The number of carbonyl (C=O) groups excluding carboxylic acids is 2. The van der Waals surface area contributed by atoms with E-state index in [1.54, 1.807) is 26.0 Å². The third-order valence-electron chi connectivity index (χ3n) is 3.56. The van der Waals surface area contributed by atoms with Gasteiger partial charge in [-0.1, -0.05) is 11.8 Å². The van der Waals surface area contributed by atoms with Crippen LogP contribution in [0.5, 0.6) is 0 Å². The lowest BCUT2D eigenvalue weighted by atomic mass is 9.92. The van der Waals surface area contributed by atoms with Crippen molar-refractivity contribution in [3.63, 3.8) is 0 Å². The molecule has 1 aromatic carbocycles. The number of rotatable bonds is 7. The molecule has 144 valence electrons. The number of nitrogens with one attached hydrogen (secondary N) is 1. The van der Waals surface area contributed by atoms with Crippen molar-refractivity contribution in [3.8, 4) is 23.7 Å². The van der Waals surface area contributed by atoms with E-state index in [4.69, 9.17) is 15.9 Å². The molecule has 1 aromatic rings. The van der Waals surface area contributed by atoms with Crippen molar-refractivity contribution >= 4 is 11.7 Å². The van der Waals surface area contributed by atoms with Gasteiger partial charge in [0.25, 0.3) is 5.91 Å². The van der Waals surface area contributed by atoms with Crippen LogP contribution in [-0.4, -0.2) is 57.9 Å². The second kappa shape index (κ2) is 10.5. The lowest BCUT2D eigenvalue weighted by Gasteiger charge is -2.29. The van der Waals surface area contributed by atoms with Crippen molar-refractivity contribution < 1.29 is 24.9 Å². The largest absolute Gasteiger partial charge is 0.396 e. The monoisotopic (exact) mass is 372 g/mol. The minimum absolute atomic E-state index is 0.154. The Balaban J connectivity index is 2.81. The molecule has 0 aromatic heterocycles. The number of carbonyl (C=O) groups is 2. The summed E-state index contributed by atoms with van der Waals surface area (Å²) in [5.41, 5.74) is 5.80. The maximum absolute atomic E-state index is 12.3. The van der Waals surface area contributed by atoms with E-state index in [9.17, 15) is 14.7 Å². The summed E-state index contributed by atoms with van der Waals surface area (Å²) in [5, 5.41) is 29.6. The van der Waals surface area contributed by atoms with Gasteiger partial charge < -0.3 is 26.4 Å². The number of benzene rings is 1. The van der Waals surface area contributed by atoms with Gasteiger partial charge in [0.2, 0.25) is 0 Å². The average molecular weight is 372 g/mol.